The second-order valence-electron chi connectivity index (χ2n) is 10.9. The Labute approximate surface area is 190 Å². The smallest absolute Gasteiger partial charge is 0.309 e. The Morgan fingerprint density at radius 2 is 0.900 bits per heavy atom. The van der Waals surface area contributed by atoms with Crippen molar-refractivity contribution in [2.45, 2.75) is 157 Å². The zero-order valence-corrected chi connectivity index (χ0v) is 21.7. The van der Waals surface area contributed by atoms with Gasteiger partial charge >= 0.3 is 5.97 Å². The SMILES string of the molecule is CCCCCCCCCCCCC(CCCCCCCC)C(C)(C)C(C)(C)C(=O)O. The predicted molar refractivity (Wildman–Crippen MR) is 133 cm³/mol. The van der Waals surface area contributed by atoms with E-state index in [1.165, 1.54) is 116 Å². The topological polar surface area (TPSA) is 37.3 Å². The lowest BCUT2D eigenvalue weighted by Gasteiger charge is -2.45. The summed E-state index contributed by atoms with van der Waals surface area (Å²) in [5.41, 5.74) is -0.861. The van der Waals surface area contributed by atoms with Crippen LogP contribution in [0.15, 0.2) is 0 Å². The van der Waals surface area contributed by atoms with E-state index >= 15 is 0 Å². The van der Waals surface area contributed by atoms with Gasteiger partial charge in [0.05, 0.1) is 5.41 Å². The summed E-state index contributed by atoms with van der Waals surface area (Å²) in [6, 6.07) is 0. The molecule has 0 aliphatic heterocycles. The Hall–Kier alpha value is -0.530. The van der Waals surface area contributed by atoms with Crippen LogP contribution >= 0.6 is 0 Å². The molecule has 0 aromatic heterocycles. The van der Waals surface area contributed by atoms with E-state index < -0.39 is 11.4 Å². The fraction of sp³-hybridized carbons (Fsp3) is 0.964. The van der Waals surface area contributed by atoms with Gasteiger partial charge in [0.2, 0.25) is 0 Å². The van der Waals surface area contributed by atoms with E-state index in [1.54, 1.807) is 0 Å². The van der Waals surface area contributed by atoms with Crippen LogP contribution in [0.1, 0.15) is 157 Å². The third-order valence-electron chi connectivity index (χ3n) is 7.98. The largest absolute Gasteiger partial charge is 0.481 e. The predicted octanol–water partition coefficient (Wildman–Crippen LogP) is 9.80. The molecule has 0 aliphatic carbocycles. The molecule has 0 radical (unpaired) electrons. The molecule has 0 rings (SSSR count). The molecule has 0 amide bonds. The average molecular weight is 425 g/mol. The summed E-state index contributed by atoms with van der Waals surface area (Å²) >= 11 is 0. The summed E-state index contributed by atoms with van der Waals surface area (Å²) in [6.07, 6.45) is 23.9. The van der Waals surface area contributed by atoms with E-state index in [4.69, 9.17) is 0 Å². The van der Waals surface area contributed by atoms with Gasteiger partial charge in [-0.25, -0.2) is 0 Å². The highest BCUT2D eigenvalue weighted by Gasteiger charge is 2.47. The van der Waals surface area contributed by atoms with E-state index in [9.17, 15) is 9.90 Å². The van der Waals surface area contributed by atoms with Crippen molar-refractivity contribution in [2.24, 2.45) is 16.7 Å². The first-order valence-electron chi connectivity index (χ1n) is 13.4. The van der Waals surface area contributed by atoms with Crippen molar-refractivity contribution in [1.82, 2.24) is 0 Å². The van der Waals surface area contributed by atoms with E-state index in [1.807, 2.05) is 13.8 Å². The third-order valence-corrected chi connectivity index (χ3v) is 7.98. The maximum atomic E-state index is 12.0. The molecule has 0 aromatic rings. The van der Waals surface area contributed by atoms with Crippen molar-refractivity contribution in [2.75, 3.05) is 0 Å². The molecular formula is C28H56O2. The quantitative estimate of drug-likeness (QED) is 0.186. The fourth-order valence-corrected chi connectivity index (χ4v) is 4.70. The number of unbranched alkanes of at least 4 members (excludes halogenated alkanes) is 14. The van der Waals surface area contributed by atoms with Crippen LogP contribution in [0, 0.1) is 16.7 Å². The molecule has 1 unspecified atom stereocenters. The highest BCUT2D eigenvalue weighted by molar-refractivity contribution is 5.74. The molecule has 0 spiro atoms. The van der Waals surface area contributed by atoms with Crippen LogP contribution in [0.2, 0.25) is 0 Å². The lowest BCUT2D eigenvalue weighted by atomic mass is 9.59. The molecule has 0 saturated heterocycles. The Balaban J connectivity index is 4.41. The number of carboxylic acid groups (broad SMARTS) is 1. The van der Waals surface area contributed by atoms with Crippen molar-refractivity contribution in [1.29, 1.82) is 0 Å². The maximum absolute atomic E-state index is 12.0. The lowest BCUT2D eigenvalue weighted by molar-refractivity contribution is -0.157. The lowest BCUT2D eigenvalue weighted by Crippen LogP contribution is -2.44. The van der Waals surface area contributed by atoms with Crippen molar-refractivity contribution in [3.63, 3.8) is 0 Å². The zero-order chi connectivity index (χ0) is 22.9. The van der Waals surface area contributed by atoms with Gasteiger partial charge in [0.25, 0.3) is 0 Å². The monoisotopic (exact) mass is 424 g/mol. The number of hydrogen-bond acceptors (Lipinski definition) is 1. The molecular weight excluding hydrogens is 368 g/mol. The standard InChI is InChI=1S/C28H56O2/c1-7-9-11-13-15-16-17-18-20-22-24-25(23-21-19-14-12-10-8-2)27(3,4)28(5,6)26(29)30/h25H,7-24H2,1-6H3,(H,29,30). The Morgan fingerprint density at radius 3 is 1.20 bits per heavy atom. The first-order valence-corrected chi connectivity index (χ1v) is 13.4. The van der Waals surface area contributed by atoms with Gasteiger partial charge in [0.1, 0.15) is 0 Å². The minimum Gasteiger partial charge on any atom is -0.481 e. The number of rotatable bonds is 21. The van der Waals surface area contributed by atoms with E-state index in [0.29, 0.717) is 5.92 Å². The van der Waals surface area contributed by atoms with E-state index in [-0.39, 0.29) is 5.41 Å². The van der Waals surface area contributed by atoms with Crippen LogP contribution in [0.3, 0.4) is 0 Å². The van der Waals surface area contributed by atoms with Gasteiger partial charge in [-0.2, -0.15) is 0 Å². The maximum Gasteiger partial charge on any atom is 0.309 e. The van der Waals surface area contributed by atoms with Gasteiger partial charge in [-0.05, 0) is 38.0 Å². The Morgan fingerprint density at radius 1 is 0.600 bits per heavy atom. The summed E-state index contributed by atoms with van der Waals surface area (Å²) in [6.45, 7) is 12.8. The highest BCUT2D eigenvalue weighted by atomic mass is 16.4. The summed E-state index contributed by atoms with van der Waals surface area (Å²) in [7, 11) is 0. The summed E-state index contributed by atoms with van der Waals surface area (Å²) in [5.74, 6) is -0.146. The Bertz CT molecular complexity index is 411. The van der Waals surface area contributed by atoms with Crippen LogP contribution in [0.25, 0.3) is 0 Å². The highest BCUT2D eigenvalue weighted by Crippen LogP contribution is 2.48. The second kappa shape index (κ2) is 17.1. The first-order chi connectivity index (χ1) is 14.2. The fourth-order valence-electron chi connectivity index (χ4n) is 4.70. The van der Waals surface area contributed by atoms with Gasteiger partial charge in [-0.15, -0.1) is 0 Å². The second-order valence-corrected chi connectivity index (χ2v) is 10.9. The van der Waals surface area contributed by atoms with Crippen LogP contribution in [-0.2, 0) is 4.79 Å². The van der Waals surface area contributed by atoms with Gasteiger partial charge in [-0.3, -0.25) is 4.79 Å². The molecule has 0 bridgehead atoms. The molecule has 2 heteroatoms. The molecule has 180 valence electrons. The van der Waals surface area contributed by atoms with Gasteiger partial charge in [0, 0.05) is 0 Å². The molecule has 0 aromatic carbocycles. The van der Waals surface area contributed by atoms with Gasteiger partial charge < -0.3 is 5.11 Å². The van der Waals surface area contributed by atoms with Crippen molar-refractivity contribution < 1.29 is 9.90 Å². The molecule has 0 heterocycles. The van der Waals surface area contributed by atoms with Crippen LogP contribution in [0.4, 0.5) is 0 Å². The van der Waals surface area contributed by atoms with Gasteiger partial charge in [-0.1, -0.05) is 130 Å². The third kappa shape index (κ3) is 11.8. The number of carbonyl (C=O) groups is 1. The molecule has 1 atom stereocenters. The van der Waals surface area contributed by atoms with Crippen molar-refractivity contribution >= 4 is 5.97 Å². The van der Waals surface area contributed by atoms with Gasteiger partial charge in [0.15, 0.2) is 0 Å². The summed E-state index contributed by atoms with van der Waals surface area (Å²) in [4.78, 5) is 12.0. The zero-order valence-electron chi connectivity index (χ0n) is 21.7. The Kier molecular flexibility index (Phi) is 16.8. The molecule has 30 heavy (non-hydrogen) atoms. The minimum absolute atomic E-state index is 0.179. The normalized spacial score (nSPS) is 13.5. The average Bonchev–Trinajstić information content (AvgIpc) is 2.69. The molecule has 2 nitrogen and oxygen atoms in total. The number of hydrogen-bond donors (Lipinski definition) is 1. The van der Waals surface area contributed by atoms with Crippen LogP contribution in [0.5, 0.6) is 0 Å². The molecule has 0 fully saturated rings. The number of carboxylic acids is 1. The molecule has 0 aliphatic rings. The van der Waals surface area contributed by atoms with E-state index in [2.05, 4.69) is 27.7 Å². The van der Waals surface area contributed by atoms with E-state index in [0.717, 1.165) is 0 Å². The van der Waals surface area contributed by atoms with Crippen LogP contribution < -0.4 is 0 Å². The summed E-state index contributed by atoms with van der Waals surface area (Å²) < 4.78 is 0. The van der Waals surface area contributed by atoms with Crippen molar-refractivity contribution in [3.05, 3.63) is 0 Å². The summed E-state index contributed by atoms with van der Waals surface area (Å²) in [5, 5.41) is 9.84. The first kappa shape index (κ1) is 29.5. The molecule has 0 saturated carbocycles. The number of aliphatic carboxylic acids is 1. The molecule has 1 N–H and O–H groups in total. The van der Waals surface area contributed by atoms with Crippen molar-refractivity contribution in [3.8, 4) is 0 Å². The minimum atomic E-state index is -0.682. The van der Waals surface area contributed by atoms with Crippen LogP contribution in [-0.4, -0.2) is 11.1 Å².